The summed E-state index contributed by atoms with van der Waals surface area (Å²) in [6, 6.07) is 10.7. The van der Waals surface area contributed by atoms with Crippen LogP contribution in [0, 0.1) is 6.92 Å². The minimum Gasteiger partial charge on any atom is -0.497 e. The highest BCUT2D eigenvalue weighted by atomic mass is 35.5. The second-order valence-electron chi connectivity index (χ2n) is 8.06. The zero-order chi connectivity index (χ0) is 22.8. The first-order valence-electron chi connectivity index (χ1n) is 10.4. The second kappa shape index (κ2) is 9.08. The van der Waals surface area contributed by atoms with Crippen LogP contribution in [0.1, 0.15) is 17.5 Å². The largest absolute Gasteiger partial charge is 0.497 e. The number of hydrogen-bond acceptors (Lipinski definition) is 4. The van der Waals surface area contributed by atoms with Crippen LogP contribution in [0.2, 0.25) is 5.02 Å². The van der Waals surface area contributed by atoms with Crippen molar-refractivity contribution in [1.82, 2.24) is 15.5 Å². The lowest BCUT2D eigenvalue weighted by atomic mass is 10.0. The number of amides is 4. The van der Waals surface area contributed by atoms with Crippen molar-refractivity contribution < 1.29 is 19.1 Å². The highest BCUT2D eigenvalue weighted by Crippen LogP contribution is 2.25. The molecule has 2 aliphatic rings. The number of anilines is 1. The Kier molecular flexibility index (Phi) is 6.23. The summed E-state index contributed by atoms with van der Waals surface area (Å²) in [6.45, 7) is 2.11. The molecule has 0 aromatic heterocycles. The minimum absolute atomic E-state index is 0.138. The monoisotopic (exact) mass is 456 g/mol. The van der Waals surface area contributed by atoms with Gasteiger partial charge in [0.1, 0.15) is 17.8 Å². The molecule has 4 amide bonds. The van der Waals surface area contributed by atoms with Crippen LogP contribution >= 0.6 is 11.6 Å². The first-order chi connectivity index (χ1) is 15.4. The third-order valence-corrected chi connectivity index (χ3v) is 6.36. The molecule has 3 N–H and O–H groups in total. The Morgan fingerprint density at radius 2 is 1.97 bits per heavy atom. The number of urea groups is 1. The van der Waals surface area contributed by atoms with Crippen LogP contribution < -0.4 is 20.7 Å². The SMILES string of the molecule is COc1ccc(C[C@@H]2NC(=O)[C@@H]3C[C@H](NC(=O)Nc4cccc(Cl)c4C)CN3C2=O)cc1. The van der Waals surface area contributed by atoms with E-state index >= 15 is 0 Å². The van der Waals surface area contributed by atoms with Crippen molar-refractivity contribution in [2.45, 2.75) is 37.9 Å². The highest BCUT2D eigenvalue weighted by molar-refractivity contribution is 6.31. The topological polar surface area (TPSA) is 99.8 Å². The van der Waals surface area contributed by atoms with Crippen molar-refractivity contribution in [2.75, 3.05) is 19.0 Å². The second-order valence-corrected chi connectivity index (χ2v) is 8.47. The Hall–Kier alpha value is -3.26. The molecule has 2 aliphatic heterocycles. The van der Waals surface area contributed by atoms with Gasteiger partial charge in [-0.2, -0.15) is 0 Å². The van der Waals surface area contributed by atoms with Crippen molar-refractivity contribution in [2.24, 2.45) is 0 Å². The standard InChI is InChI=1S/C23H25ClN4O4/c1-13-17(24)4-3-5-18(13)27-23(31)25-15-11-20-21(29)26-19(22(30)28(20)12-15)10-14-6-8-16(32-2)9-7-14/h3-9,15,19-20H,10-12H2,1-2H3,(H,26,29)(H2,25,27,31)/t15-,19-,20-/m0/s1. The van der Waals surface area contributed by atoms with Crippen molar-refractivity contribution in [3.63, 3.8) is 0 Å². The fourth-order valence-corrected chi connectivity index (χ4v) is 4.36. The molecule has 0 bridgehead atoms. The van der Waals surface area contributed by atoms with Crippen molar-refractivity contribution >= 4 is 35.1 Å². The first kappa shape index (κ1) is 22.0. The summed E-state index contributed by atoms with van der Waals surface area (Å²) in [6.07, 6.45) is 0.763. The van der Waals surface area contributed by atoms with Gasteiger partial charge in [0.2, 0.25) is 11.8 Å². The van der Waals surface area contributed by atoms with Crippen LogP contribution in [0.4, 0.5) is 10.5 Å². The fourth-order valence-electron chi connectivity index (χ4n) is 4.18. The first-order valence-corrected chi connectivity index (χ1v) is 10.8. The molecule has 9 heteroatoms. The molecule has 32 heavy (non-hydrogen) atoms. The average Bonchev–Trinajstić information content (AvgIpc) is 3.20. The van der Waals surface area contributed by atoms with E-state index in [-0.39, 0.29) is 24.4 Å². The molecule has 2 fully saturated rings. The lowest BCUT2D eigenvalue weighted by Crippen LogP contribution is -2.61. The van der Waals surface area contributed by atoms with Crippen LogP contribution in [0.25, 0.3) is 0 Å². The zero-order valence-corrected chi connectivity index (χ0v) is 18.6. The summed E-state index contributed by atoms with van der Waals surface area (Å²) in [5.74, 6) is 0.395. The number of carbonyl (C=O) groups is 3. The summed E-state index contributed by atoms with van der Waals surface area (Å²) in [5, 5.41) is 9.05. The third-order valence-electron chi connectivity index (χ3n) is 5.95. The Bertz CT molecular complexity index is 1040. The number of piperazine rings is 1. The maximum Gasteiger partial charge on any atom is 0.319 e. The molecule has 0 aliphatic carbocycles. The molecule has 168 valence electrons. The molecule has 2 aromatic rings. The van der Waals surface area contributed by atoms with Crippen molar-refractivity contribution in [1.29, 1.82) is 0 Å². The number of carbonyl (C=O) groups excluding carboxylic acids is 3. The van der Waals surface area contributed by atoms with Crippen molar-refractivity contribution in [3.8, 4) is 5.75 Å². The quantitative estimate of drug-likeness (QED) is 0.643. The van der Waals surface area contributed by atoms with Gasteiger partial charge in [0, 0.05) is 23.7 Å². The fraction of sp³-hybridized carbons (Fsp3) is 0.348. The summed E-state index contributed by atoms with van der Waals surface area (Å²) < 4.78 is 5.16. The molecule has 4 rings (SSSR count). The predicted molar refractivity (Wildman–Crippen MR) is 121 cm³/mol. The predicted octanol–water partition coefficient (Wildman–Crippen LogP) is 2.49. The average molecular weight is 457 g/mol. The van der Waals surface area contributed by atoms with Gasteiger partial charge in [-0.15, -0.1) is 0 Å². The van der Waals surface area contributed by atoms with Crippen LogP contribution in [0.15, 0.2) is 42.5 Å². The Morgan fingerprint density at radius 3 is 2.69 bits per heavy atom. The molecule has 2 aromatic carbocycles. The summed E-state index contributed by atoms with van der Waals surface area (Å²) in [5.41, 5.74) is 2.30. The molecule has 0 spiro atoms. The van der Waals surface area contributed by atoms with Crippen molar-refractivity contribution in [3.05, 3.63) is 58.6 Å². The molecule has 0 saturated carbocycles. The van der Waals surface area contributed by atoms with Gasteiger partial charge in [0.05, 0.1) is 13.2 Å². The Labute approximate surface area is 191 Å². The highest BCUT2D eigenvalue weighted by Gasteiger charge is 2.46. The van der Waals surface area contributed by atoms with Gasteiger partial charge < -0.3 is 25.6 Å². The van der Waals surface area contributed by atoms with Gasteiger partial charge in [-0.25, -0.2) is 4.79 Å². The van der Waals surface area contributed by atoms with E-state index in [0.717, 1.165) is 16.9 Å². The van der Waals surface area contributed by atoms with Gasteiger partial charge in [0.25, 0.3) is 0 Å². The van der Waals surface area contributed by atoms with E-state index < -0.39 is 18.1 Å². The maximum atomic E-state index is 13.0. The maximum absolute atomic E-state index is 13.0. The number of fused-ring (bicyclic) bond motifs is 1. The lowest BCUT2D eigenvalue weighted by molar-refractivity contribution is -0.147. The number of benzene rings is 2. The van der Waals surface area contributed by atoms with Gasteiger partial charge in [-0.05, 0) is 48.7 Å². The Balaban J connectivity index is 1.37. The van der Waals surface area contributed by atoms with E-state index in [0.29, 0.717) is 23.6 Å². The molecule has 0 unspecified atom stereocenters. The number of rotatable bonds is 5. The molecule has 3 atom stereocenters. The molecule has 2 saturated heterocycles. The normalized spacial score (nSPS) is 22.2. The molecular weight excluding hydrogens is 432 g/mol. The number of hydrogen-bond donors (Lipinski definition) is 3. The van der Waals surface area contributed by atoms with E-state index in [1.165, 1.54) is 0 Å². The number of nitrogens with zero attached hydrogens (tertiary/aromatic N) is 1. The number of halogens is 1. The van der Waals surface area contributed by atoms with E-state index in [1.807, 2.05) is 31.2 Å². The van der Waals surface area contributed by atoms with Gasteiger partial charge in [0.15, 0.2) is 0 Å². The van der Waals surface area contributed by atoms with E-state index in [2.05, 4.69) is 16.0 Å². The Morgan fingerprint density at radius 1 is 1.22 bits per heavy atom. The molecular formula is C23H25ClN4O4. The van der Waals surface area contributed by atoms with Gasteiger partial charge >= 0.3 is 6.03 Å². The number of ether oxygens (including phenoxy) is 1. The van der Waals surface area contributed by atoms with E-state index in [1.54, 1.807) is 30.2 Å². The number of methoxy groups -OCH3 is 1. The molecule has 8 nitrogen and oxygen atoms in total. The third kappa shape index (κ3) is 4.50. The van der Waals surface area contributed by atoms with Crippen LogP contribution in [0.5, 0.6) is 5.75 Å². The van der Waals surface area contributed by atoms with Crippen LogP contribution in [-0.4, -0.2) is 54.5 Å². The lowest BCUT2D eigenvalue weighted by Gasteiger charge is -2.34. The smallest absolute Gasteiger partial charge is 0.319 e. The van der Waals surface area contributed by atoms with E-state index in [9.17, 15) is 14.4 Å². The minimum atomic E-state index is -0.631. The van der Waals surface area contributed by atoms with Crippen LogP contribution in [0.3, 0.4) is 0 Å². The summed E-state index contributed by atoms with van der Waals surface area (Å²) >= 11 is 6.10. The zero-order valence-electron chi connectivity index (χ0n) is 17.9. The summed E-state index contributed by atoms with van der Waals surface area (Å²) in [4.78, 5) is 39.7. The molecule has 2 heterocycles. The number of nitrogens with one attached hydrogen (secondary N) is 3. The summed E-state index contributed by atoms with van der Waals surface area (Å²) in [7, 11) is 1.59. The van der Waals surface area contributed by atoms with Gasteiger partial charge in [-0.1, -0.05) is 29.8 Å². The van der Waals surface area contributed by atoms with Gasteiger partial charge in [-0.3, -0.25) is 9.59 Å². The van der Waals surface area contributed by atoms with E-state index in [4.69, 9.17) is 16.3 Å². The van der Waals surface area contributed by atoms with Crippen LogP contribution in [-0.2, 0) is 16.0 Å². The molecule has 0 radical (unpaired) electrons.